The number of carboxylic acid groups (broad SMARTS) is 1. The van der Waals surface area contributed by atoms with Crippen molar-refractivity contribution in [2.24, 2.45) is 5.92 Å². The van der Waals surface area contributed by atoms with E-state index in [1.165, 1.54) is 0 Å². The van der Waals surface area contributed by atoms with Crippen molar-refractivity contribution in [3.05, 3.63) is 21.9 Å². The van der Waals surface area contributed by atoms with E-state index in [0.29, 0.717) is 12.0 Å². The molecule has 1 aromatic heterocycles. The van der Waals surface area contributed by atoms with Gasteiger partial charge in [-0.15, -0.1) is 11.3 Å². The molecule has 1 saturated heterocycles. The van der Waals surface area contributed by atoms with Gasteiger partial charge in [0.15, 0.2) is 0 Å². The molecule has 0 saturated carbocycles. The molecule has 2 rings (SSSR count). The average molecular weight is 324 g/mol. The maximum atomic E-state index is 11.9. The quantitative estimate of drug-likeness (QED) is 0.872. The smallest absolute Gasteiger partial charge is 0.326 e. The molecular formula is C17H28N2O2S. The van der Waals surface area contributed by atoms with E-state index in [0.717, 1.165) is 43.0 Å². The SMILES string of the molecule is CCC1CN(C(C(=O)O)c2sccc2C)CCN1CC(C)C. The Morgan fingerprint density at radius 1 is 1.45 bits per heavy atom. The van der Waals surface area contributed by atoms with Crippen molar-refractivity contribution >= 4 is 17.3 Å². The molecule has 2 atom stereocenters. The highest BCUT2D eigenvalue weighted by atomic mass is 32.1. The molecule has 1 fully saturated rings. The van der Waals surface area contributed by atoms with Crippen molar-refractivity contribution in [3.8, 4) is 0 Å². The average Bonchev–Trinajstić information content (AvgIpc) is 2.86. The van der Waals surface area contributed by atoms with Gasteiger partial charge in [0.2, 0.25) is 0 Å². The number of aliphatic carboxylic acids is 1. The van der Waals surface area contributed by atoms with Crippen LogP contribution in [-0.2, 0) is 4.79 Å². The Kier molecular flexibility index (Phi) is 6.01. The predicted molar refractivity (Wildman–Crippen MR) is 91.5 cm³/mol. The molecule has 1 aliphatic heterocycles. The molecule has 4 nitrogen and oxygen atoms in total. The normalized spacial score (nSPS) is 22.1. The van der Waals surface area contributed by atoms with Gasteiger partial charge in [0.05, 0.1) is 0 Å². The largest absolute Gasteiger partial charge is 0.480 e. The minimum atomic E-state index is -0.724. The molecule has 5 heteroatoms. The molecular weight excluding hydrogens is 296 g/mol. The van der Waals surface area contributed by atoms with Gasteiger partial charge in [0.25, 0.3) is 0 Å². The van der Waals surface area contributed by atoms with Crippen molar-refractivity contribution in [2.75, 3.05) is 26.2 Å². The zero-order valence-electron chi connectivity index (χ0n) is 14.1. The first kappa shape index (κ1) is 17.4. The molecule has 1 N–H and O–H groups in total. The maximum Gasteiger partial charge on any atom is 0.326 e. The number of piperazine rings is 1. The molecule has 0 bridgehead atoms. The first-order valence-corrected chi connectivity index (χ1v) is 9.06. The van der Waals surface area contributed by atoms with E-state index in [2.05, 4.69) is 30.6 Å². The highest BCUT2D eigenvalue weighted by Gasteiger charge is 2.35. The second-order valence-electron chi connectivity index (χ2n) is 6.65. The van der Waals surface area contributed by atoms with E-state index in [9.17, 15) is 9.90 Å². The number of nitrogens with zero attached hydrogens (tertiary/aromatic N) is 2. The second-order valence-corrected chi connectivity index (χ2v) is 7.60. The maximum absolute atomic E-state index is 11.9. The van der Waals surface area contributed by atoms with Crippen molar-refractivity contribution in [2.45, 2.75) is 46.2 Å². The number of aryl methyl sites for hydroxylation is 1. The number of rotatable bonds is 6. The lowest BCUT2D eigenvalue weighted by Gasteiger charge is -2.43. The number of carboxylic acids is 1. The van der Waals surface area contributed by atoms with Crippen LogP contribution < -0.4 is 0 Å². The third-order valence-corrected chi connectivity index (χ3v) is 5.53. The molecule has 2 heterocycles. The van der Waals surface area contributed by atoms with Crippen LogP contribution in [0.1, 0.15) is 43.7 Å². The van der Waals surface area contributed by atoms with Crippen LogP contribution in [0.3, 0.4) is 0 Å². The summed E-state index contributed by atoms with van der Waals surface area (Å²) in [5.74, 6) is -0.0758. The standard InChI is InChI=1S/C17H28N2O2S/c1-5-14-11-19(8-7-18(14)10-12(2)3)15(17(20)21)16-13(4)6-9-22-16/h6,9,12,14-15H,5,7-8,10-11H2,1-4H3,(H,20,21). The fraction of sp³-hybridized carbons (Fsp3) is 0.706. The van der Waals surface area contributed by atoms with Crippen LogP contribution in [0.2, 0.25) is 0 Å². The first-order valence-electron chi connectivity index (χ1n) is 8.18. The third-order valence-electron chi connectivity index (χ3n) is 4.46. The van der Waals surface area contributed by atoms with Crippen molar-refractivity contribution in [1.82, 2.24) is 9.80 Å². The number of carbonyl (C=O) groups is 1. The van der Waals surface area contributed by atoms with Gasteiger partial charge in [-0.3, -0.25) is 14.6 Å². The fourth-order valence-corrected chi connectivity index (χ4v) is 4.40. The lowest BCUT2D eigenvalue weighted by atomic mass is 10.0. The van der Waals surface area contributed by atoms with E-state index in [4.69, 9.17) is 0 Å². The predicted octanol–water partition coefficient (Wildman–Crippen LogP) is 3.23. The fourth-order valence-electron chi connectivity index (χ4n) is 3.35. The Morgan fingerprint density at radius 2 is 2.18 bits per heavy atom. The van der Waals surface area contributed by atoms with E-state index < -0.39 is 12.0 Å². The Morgan fingerprint density at radius 3 is 2.68 bits per heavy atom. The van der Waals surface area contributed by atoms with Crippen LogP contribution in [-0.4, -0.2) is 53.1 Å². The number of thiophene rings is 1. The summed E-state index contributed by atoms with van der Waals surface area (Å²) in [7, 11) is 0. The van der Waals surface area contributed by atoms with E-state index in [-0.39, 0.29) is 0 Å². The van der Waals surface area contributed by atoms with E-state index >= 15 is 0 Å². The second kappa shape index (κ2) is 7.57. The summed E-state index contributed by atoms with van der Waals surface area (Å²) >= 11 is 1.56. The number of hydrogen-bond donors (Lipinski definition) is 1. The van der Waals surface area contributed by atoms with Gasteiger partial charge in [0, 0.05) is 37.1 Å². The summed E-state index contributed by atoms with van der Waals surface area (Å²) in [6.45, 7) is 12.4. The van der Waals surface area contributed by atoms with E-state index in [1.54, 1.807) is 11.3 Å². The van der Waals surface area contributed by atoms with Gasteiger partial charge in [-0.05, 0) is 36.3 Å². The molecule has 0 radical (unpaired) electrons. The highest BCUT2D eigenvalue weighted by Crippen LogP contribution is 2.31. The Hall–Kier alpha value is -0.910. The van der Waals surface area contributed by atoms with Crippen LogP contribution in [0.4, 0.5) is 0 Å². The van der Waals surface area contributed by atoms with Gasteiger partial charge in [-0.1, -0.05) is 20.8 Å². The molecule has 0 aromatic carbocycles. The monoisotopic (exact) mass is 324 g/mol. The molecule has 1 aromatic rings. The van der Waals surface area contributed by atoms with Crippen molar-refractivity contribution in [3.63, 3.8) is 0 Å². The summed E-state index contributed by atoms with van der Waals surface area (Å²) < 4.78 is 0. The third kappa shape index (κ3) is 3.89. The molecule has 0 amide bonds. The zero-order valence-corrected chi connectivity index (χ0v) is 14.9. The van der Waals surface area contributed by atoms with Gasteiger partial charge in [-0.25, -0.2) is 0 Å². The molecule has 124 valence electrons. The minimum absolute atomic E-state index is 0.457. The molecule has 2 unspecified atom stereocenters. The highest BCUT2D eigenvalue weighted by molar-refractivity contribution is 7.10. The molecule has 22 heavy (non-hydrogen) atoms. The van der Waals surface area contributed by atoms with Gasteiger partial charge < -0.3 is 5.11 Å². The van der Waals surface area contributed by atoms with Crippen LogP contribution in [0, 0.1) is 12.8 Å². The summed E-state index contributed by atoms with van der Waals surface area (Å²) in [6, 6.07) is 1.98. The lowest BCUT2D eigenvalue weighted by molar-refractivity contribution is -0.145. The molecule has 0 spiro atoms. The molecule has 0 aliphatic carbocycles. The van der Waals surface area contributed by atoms with Crippen LogP contribution in [0.15, 0.2) is 11.4 Å². The van der Waals surface area contributed by atoms with Crippen LogP contribution >= 0.6 is 11.3 Å². The Bertz CT molecular complexity index is 501. The summed E-state index contributed by atoms with van der Waals surface area (Å²) in [5, 5.41) is 11.7. The van der Waals surface area contributed by atoms with E-state index in [1.807, 2.05) is 18.4 Å². The number of hydrogen-bond acceptors (Lipinski definition) is 4. The van der Waals surface area contributed by atoms with Gasteiger partial charge in [0.1, 0.15) is 6.04 Å². The summed E-state index contributed by atoms with van der Waals surface area (Å²) in [5.41, 5.74) is 1.09. The Labute approximate surface area is 137 Å². The van der Waals surface area contributed by atoms with Gasteiger partial charge in [-0.2, -0.15) is 0 Å². The summed E-state index contributed by atoms with van der Waals surface area (Å²) in [6.07, 6.45) is 1.07. The first-order chi connectivity index (χ1) is 10.4. The lowest BCUT2D eigenvalue weighted by Crippen LogP contribution is -2.55. The molecule has 1 aliphatic rings. The van der Waals surface area contributed by atoms with Crippen LogP contribution in [0.25, 0.3) is 0 Å². The zero-order chi connectivity index (χ0) is 16.3. The minimum Gasteiger partial charge on any atom is -0.480 e. The van der Waals surface area contributed by atoms with Crippen molar-refractivity contribution in [1.29, 1.82) is 0 Å². The van der Waals surface area contributed by atoms with Crippen LogP contribution in [0.5, 0.6) is 0 Å². The topological polar surface area (TPSA) is 43.8 Å². The summed E-state index contributed by atoms with van der Waals surface area (Å²) in [4.78, 5) is 17.5. The van der Waals surface area contributed by atoms with Gasteiger partial charge >= 0.3 is 5.97 Å². The van der Waals surface area contributed by atoms with Crippen molar-refractivity contribution < 1.29 is 9.90 Å². The Balaban J connectivity index is 2.15.